The van der Waals surface area contributed by atoms with E-state index in [2.05, 4.69) is 6.92 Å². The van der Waals surface area contributed by atoms with Gasteiger partial charge in [0.1, 0.15) is 0 Å². The molecule has 0 aliphatic heterocycles. The number of carboxylic acids is 2. The molecule has 2 N–H and O–H groups in total. The molecule has 0 aliphatic rings. The van der Waals surface area contributed by atoms with E-state index >= 15 is 0 Å². The lowest BCUT2D eigenvalue weighted by molar-refractivity contribution is -0.146. The first-order valence-electron chi connectivity index (χ1n) is 10.2. The molecule has 0 radical (unpaired) electrons. The van der Waals surface area contributed by atoms with E-state index in [4.69, 9.17) is 10.2 Å². The third-order valence-electron chi connectivity index (χ3n) is 4.55. The molecule has 146 valence electrons. The molecule has 0 aliphatic carbocycles. The molecule has 4 nitrogen and oxygen atoms in total. The Morgan fingerprint density at radius 3 is 1.60 bits per heavy atom. The standard InChI is InChI=1S/C21H38O4/c1-2-3-4-5-6-7-8-9-10-11-12-13-14-15-16-17-19(21(24)25)18-20(22)23/h16-17,19H,2-15,18H2,1H3,(H,22,23)(H,24,25). The number of allylic oxidation sites excluding steroid dienone is 1. The summed E-state index contributed by atoms with van der Waals surface area (Å²) in [4.78, 5) is 21.5. The maximum Gasteiger partial charge on any atom is 0.310 e. The predicted molar refractivity (Wildman–Crippen MR) is 103 cm³/mol. The van der Waals surface area contributed by atoms with Crippen LogP contribution >= 0.6 is 0 Å². The number of unbranched alkanes of at least 4 members (excludes halogenated alkanes) is 13. The second kappa shape index (κ2) is 17.5. The van der Waals surface area contributed by atoms with E-state index in [1.165, 1.54) is 76.7 Å². The fraction of sp³-hybridized carbons (Fsp3) is 0.810. The predicted octanol–water partition coefficient (Wildman–Crippen LogP) is 6.20. The monoisotopic (exact) mass is 354 g/mol. The number of hydrogen-bond donors (Lipinski definition) is 2. The van der Waals surface area contributed by atoms with E-state index in [1.807, 2.05) is 6.08 Å². The van der Waals surface area contributed by atoms with Gasteiger partial charge in [-0.15, -0.1) is 0 Å². The number of hydrogen-bond acceptors (Lipinski definition) is 2. The van der Waals surface area contributed by atoms with Crippen molar-refractivity contribution in [1.29, 1.82) is 0 Å². The summed E-state index contributed by atoms with van der Waals surface area (Å²) < 4.78 is 0. The quantitative estimate of drug-likeness (QED) is 0.227. The normalized spacial score (nSPS) is 12.5. The lowest BCUT2D eigenvalue weighted by Crippen LogP contribution is -2.15. The third-order valence-corrected chi connectivity index (χ3v) is 4.55. The van der Waals surface area contributed by atoms with Gasteiger partial charge in [-0.1, -0.05) is 96.1 Å². The zero-order valence-corrected chi connectivity index (χ0v) is 16.0. The Bertz CT molecular complexity index is 363. The highest BCUT2D eigenvalue weighted by Gasteiger charge is 2.17. The van der Waals surface area contributed by atoms with Crippen molar-refractivity contribution >= 4 is 11.9 Å². The maximum atomic E-state index is 10.9. The van der Waals surface area contributed by atoms with Crippen LogP contribution in [0.25, 0.3) is 0 Å². The largest absolute Gasteiger partial charge is 0.481 e. The lowest BCUT2D eigenvalue weighted by Gasteiger charge is -2.04. The first-order chi connectivity index (χ1) is 12.1. The summed E-state index contributed by atoms with van der Waals surface area (Å²) >= 11 is 0. The van der Waals surface area contributed by atoms with Gasteiger partial charge in [-0.25, -0.2) is 0 Å². The molecule has 0 saturated carbocycles. The summed E-state index contributed by atoms with van der Waals surface area (Å²) in [6.07, 6.45) is 20.9. The molecular weight excluding hydrogens is 316 g/mol. The number of carboxylic acid groups (broad SMARTS) is 2. The molecule has 0 fully saturated rings. The van der Waals surface area contributed by atoms with Crippen molar-refractivity contribution in [3.05, 3.63) is 12.2 Å². The van der Waals surface area contributed by atoms with Crippen LogP contribution in [0.15, 0.2) is 12.2 Å². The van der Waals surface area contributed by atoms with Crippen LogP contribution in [0.4, 0.5) is 0 Å². The highest BCUT2D eigenvalue weighted by Crippen LogP contribution is 2.13. The topological polar surface area (TPSA) is 74.6 Å². The molecule has 1 unspecified atom stereocenters. The third kappa shape index (κ3) is 17.3. The summed E-state index contributed by atoms with van der Waals surface area (Å²) in [5.74, 6) is -3.04. The van der Waals surface area contributed by atoms with Gasteiger partial charge in [-0.3, -0.25) is 9.59 Å². The zero-order valence-electron chi connectivity index (χ0n) is 16.0. The second-order valence-corrected chi connectivity index (χ2v) is 7.00. The van der Waals surface area contributed by atoms with Crippen molar-refractivity contribution in [2.45, 2.75) is 103 Å². The fourth-order valence-corrected chi connectivity index (χ4v) is 2.97. The molecule has 4 heteroatoms. The van der Waals surface area contributed by atoms with Gasteiger partial charge in [0.15, 0.2) is 0 Å². The van der Waals surface area contributed by atoms with E-state index in [0.717, 1.165) is 19.3 Å². The highest BCUT2D eigenvalue weighted by molar-refractivity contribution is 5.79. The molecular formula is C21H38O4. The van der Waals surface area contributed by atoms with Gasteiger partial charge < -0.3 is 10.2 Å². The van der Waals surface area contributed by atoms with Crippen molar-refractivity contribution in [3.63, 3.8) is 0 Å². The van der Waals surface area contributed by atoms with Gasteiger partial charge >= 0.3 is 11.9 Å². The molecule has 0 rings (SSSR count). The van der Waals surface area contributed by atoms with Gasteiger partial charge in [0, 0.05) is 0 Å². The minimum atomic E-state index is -1.07. The van der Waals surface area contributed by atoms with E-state index in [1.54, 1.807) is 0 Å². The number of rotatable bonds is 18. The Morgan fingerprint density at radius 1 is 0.760 bits per heavy atom. The Hall–Kier alpha value is -1.32. The molecule has 1 atom stereocenters. The Labute approximate surface area is 153 Å². The number of carbonyl (C=O) groups is 2. The molecule has 25 heavy (non-hydrogen) atoms. The average Bonchev–Trinajstić information content (AvgIpc) is 2.56. The van der Waals surface area contributed by atoms with Crippen molar-refractivity contribution < 1.29 is 19.8 Å². The summed E-state index contributed by atoms with van der Waals surface area (Å²) in [6.45, 7) is 2.25. The van der Waals surface area contributed by atoms with Crippen LogP contribution in [0.5, 0.6) is 0 Å². The van der Waals surface area contributed by atoms with Crippen LogP contribution in [0, 0.1) is 5.92 Å². The Balaban J connectivity index is 3.39. The van der Waals surface area contributed by atoms with Gasteiger partial charge in [-0.2, -0.15) is 0 Å². The number of aliphatic carboxylic acids is 2. The van der Waals surface area contributed by atoms with Crippen LogP contribution in [-0.4, -0.2) is 22.2 Å². The van der Waals surface area contributed by atoms with Crippen LogP contribution in [0.2, 0.25) is 0 Å². The molecule has 0 saturated heterocycles. The van der Waals surface area contributed by atoms with Crippen LogP contribution < -0.4 is 0 Å². The van der Waals surface area contributed by atoms with Crippen LogP contribution in [0.3, 0.4) is 0 Å². The summed E-state index contributed by atoms with van der Waals surface area (Å²) in [5, 5.41) is 17.6. The van der Waals surface area contributed by atoms with Crippen molar-refractivity contribution in [2.24, 2.45) is 5.92 Å². The average molecular weight is 355 g/mol. The lowest BCUT2D eigenvalue weighted by atomic mass is 10.0. The van der Waals surface area contributed by atoms with Crippen molar-refractivity contribution in [3.8, 4) is 0 Å². The molecule has 0 amide bonds. The minimum Gasteiger partial charge on any atom is -0.481 e. The minimum absolute atomic E-state index is 0.343. The van der Waals surface area contributed by atoms with E-state index in [-0.39, 0.29) is 6.42 Å². The van der Waals surface area contributed by atoms with E-state index in [9.17, 15) is 9.59 Å². The zero-order chi connectivity index (χ0) is 18.8. The highest BCUT2D eigenvalue weighted by atomic mass is 16.4. The Morgan fingerprint density at radius 2 is 1.20 bits per heavy atom. The van der Waals surface area contributed by atoms with Crippen molar-refractivity contribution in [1.82, 2.24) is 0 Å². The van der Waals surface area contributed by atoms with Crippen LogP contribution in [0.1, 0.15) is 103 Å². The smallest absolute Gasteiger partial charge is 0.310 e. The summed E-state index contributed by atoms with van der Waals surface area (Å²) in [6, 6.07) is 0. The molecule has 0 aromatic heterocycles. The van der Waals surface area contributed by atoms with E-state index in [0.29, 0.717) is 0 Å². The van der Waals surface area contributed by atoms with E-state index < -0.39 is 17.9 Å². The van der Waals surface area contributed by atoms with Gasteiger partial charge in [-0.05, 0) is 12.8 Å². The van der Waals surface area contributed by atoms with Gasteiger partial charge in [0.25, 0.3) is 0 Å². The molecule has 0 aromatic rings. The molecule has 0 heterocycles. The fourth-order valence-electron chi connectivity index (χ4n) is 2.97. The van der Waals surface area contributed by atoms with Gasteiger partial charge in [0.2, 0.25) is 0 Å². The molecule has 0 spiro atoms. The molecule has 0 bridgehead atoms. The van der Waals surface area contributed by atoms with Gasteiger partial charge in [0.05, 0.1) is 12.3 Å². The maximum absolute atomic E-state index is 10.9. The first kappa shape index (κ1) is 23.7. The summed E-state index contributed by atoms with van der Waals surface area (Å²) in [5.41, 5.74) is 0. The first-order valence-corrected chi connectivity index (χ1v) is 10.2. The second-order valence-electron chi connectivity index (χ2n) is 7.00. The van der Waals surface area contributed by atoms with Crippen LogP contribution in [-0.2, 0) is 9.59 Å². The summed E-state index contributed by atoms with van der Waals surface area (Å²) in [7, 11) is 0. The Kier molecular flexibility index (Phi) is 16.6. The molecule has 0 aromatic carbocycles. The SMILES string of the molecule is CCCCCCCCCCCCCCCC=CC(CC(=O)O)C(=O)O. The van der Waals surface area contributed by atoms with Crippen molar-refractivity contribution in [2.75, 3.05) is 0 Å².